The van der Waals surface area contributed by atoms with Crippen molar-refractivity contribution in [2.24, 2.45) is 5.92 Å². The summed E-state index contributed by atoms with van der Waals surface area (Å²) >= 11 is 0. The molecule has 0 unspecified atom stereocenters. The van der Waals surface area contributed by atoms with Crippen LogP contribution in [0.3, 0.4) is 0 Å². The molecule has 1 saturated carbocycles. The summed E-state index contributed by atoms with van der Waals surface area (Å²) in [6.45, 7) is 7.01. The first-order valence-electron chi connectivity index (χ1n) is 7.08. The van der Waals surface area contributed by atoms with Gasteiger partial charge in [0.15, 0.2) is 0 Å². The third kappa shape index (κ3) is 3.12. The molecule has 1 aliphatic carbocycles. The molecule has 1 fully saturated rings. The molecule has 4 heteroatoms. The van der Waals surface area contributed by atoms with Crippen molar-refractivity contribution < 1.29 is 4.74 Å². The highest BCUT2D eigenvalue weighted by Gasteiger charge is 2.29. The maximum Gasteiger partial charge on any atom is 0.0888 e. The number of ether oxygens (including phenoxy) is 1. The molecule has 0 aromatic carbocycles. The summed E-state index contributed by atoms with van der Waals surface area (Å²) in [4.78, 5) is 0. The van der Waals surface area contributed by atoms with Crippen LogP contribution in [-0.2, 0) is 24.3 Å². The van der Waals surface area contributed by atoms with Gasteiger partial charge in [0.2, 0.25) is 0 Å². The van der Waals surface area contributed by atoms with Crippen LogP contribution in [0.25, 0.3) is 0 Å². The van der Waals surface area contributed by atoms with Crippen molar-refractivity contribution in [1.82, 2.24) is 15.1 Å². The van der Waals surface area contributed by atoms with Crippen molar-refractivity contribution in [3.63, 3.8) is 0 Å². The topological polar surface area (TPSA) is 39.1 Å². The van der Waals surface area contributed by atoms with Gasteiger partial charge in [-0.2, -0.15) is 5.10 Å². The fourth-order valence-electron chi connectivity index (χ4n) is 2.55. The fourth-order valence-corrected chi connectivity index (χ4v) is 2.55. The minimum absolute atomic E-state index is 0.452. The van der Waals surface area contributed by atoms with Crippen LogP contribution < -0.4 is 5.32 Å². The molecule has 18 heavy (non-hydrogen) atoms. The van der Waals surface area contributed by atoms with Crippen molar-refractivity contribution in [2.75, 3.05) is 13.6 Å². The smallest absolute Gasteiger partial charge is 0.0888 e. The second-order valence-electron chi connectivity index (χ2n) is 5.12. The Labute approximate surface area is 110 Å². The molecule has 102 valence electrons. The Morgan fingerprint density at radius 1 is 1.44 bits per heavy atom. The predicted molar refractivity (Wildman–Crippen MR) is 72.5 cm³/mol. The minimum atomic E-state index is 0.452. The Balaban J connectivity index is 1.78. The van der Waals surface area contributed by atoms with Gasteiger partial charge in [-0.3, -0.25) is 4.68 Å². The van der Waals surface area contributed by atoms with E-state index < -0.39 is 0 Å². The van der Waals surface area contributed by atoms with E-state index in [2.05, 4.69) is 35.0 Å². The quantitative estimate of drug-likeness (QED) is 0.805. The third-order valence-corrected chi connectivity index (χ3v) is 3.73. The van der Waals surface area contributed by atoms with E-state index >= 15 is 0 Å². The summed E-state index contributed by atoms with van der Waals surface area (Å²) in [5.41, 5.74) is 2.38. The van der Waals surface area contributed by atoms with Crippen molar-refractivity contribution in [3.05, 3.63) is 17.5 Å². The molecule has 1 aliphatic rings. The molecular weight excluding hydrogens is 226 g/mol. The molecular formula is C14H25N3O. The zero-order valence-corrected chi connectivity index (χ0v) is 11.8. The van der Waals surface area contributed by atoms with Crippen molar-refractivity contribution in [3.8, 4) is 0 Å². The van der Waals surface area contributed by atoms with Crippen molar-refractivity contribution in [1.29, 1.82) is 0 Å². The second-order valence-corrected chi connectivity index (χ2v) is 5.12. The molecule has 0 aliphatic heterocycles. The Kier molecular flexibility index (Phi) is 4.78. The van der Waals surface area contributed by atoms with Gasteiger partial charge in [-0.05, 0) is 51.8 Å². The van der Waals surface area contributed by atoms with Crippen LogP contribution in [0.1, 0.15) is 38.1 Å². The highest BCUT2D eigenvalue weighted by atomic mass is 16.5. The van der Waals surface area contributed by atoms with Gasteiger partial charge >= 0.3 is 0 Å². The van der Waals surface area contributed by atoms with Gasteiger partial charge in [0.1, 0.15) is 0 Å². The molecule has 0 amide bonds. The van der Waals surface area contributed by atoms with E-state index in [-0.39, 0.29) is 0 Å². The molecule has 0 radical (unpaired) electrons. The number of nitrogens with zero attached hydrogens (tertiary/aromatic N) is 2. The van der Waals surface area contributed by atoms with Gasteiger partial charge in [0.05, 0.1) is 24.1 Å². The van der Waals surface area contributed by atoms with E-state index in [9.17, 15) is 0 Å². The predicted octanol–water partition coefficient (Wildman–Crippen LogP) is 1.98. The van der Waals surface area contributed by atoms with Crippen molar-refractivity contribution in [2.45, 2.75) is 52.4 Å². The lowest BCUT2D eigenvalue weighted by molar-refractivity contribution is -0.0413. The highest BCUT2D eigenvalue weighted by Crippen LogP contribution is 2.30. The summed E-state index contributed by atoms with van der Waals surface area (Å²) in [7, 11) is 2.01. The summed E-state index contributed by atoms with van der Waals surface area (Å²) in [5, 5.41) is 7.76. The first-order valence-corrected chi connectivity index (χ1v) is 7.08. The molecule has 1 aromatic heterocycles. The van der Waals surface area contributed by atoms with E-state index in [1.807, 2.05) is 7.05 Å². The van der Waals surface area contributed by atoms with Gasteiger partial charge in [0.25, 0.3) is 0 Å². The van der Waals surface area contributed by atoms with E-state index in [0.717, 1.165) is 31.1 Å². The number of hydrogen-bond donors (Lipinski definition) is 1. The molecule has 1 N–H and O–H groups in total. The van der Waals surface area contributed by atoms with Gasteiger partial charge in [0, 0.05) is 6.54 Å². The Hall–Kier alpha value is -0.870. The third-order valence-electron chi connectivity index (χ3n) is 3.73. The Morgan fingerprint density at radius 2 is 2.22 bits per heavy atom. The number of rotatable bonds is 7. The molecule has 4 nitrogen and oxygen atoms in total. The standard InChI is InChI=1S/C14H25N3O/c1-4-12-8-13(17(5-2)16-12)10-18-14-6-11(7-14)9-15-3/h8,11,14-15H,4-7,9-10H2,1-3H3. The number of aromatic nitrogens is 2. The Morgan fingerprint density at radius 3 is 2.83 bits per heavy atom. The van der Waals surface area contributed by atoms with Crippen LogP contribution in [0, 0.1) is 5.92 Å². The molecule has 0 spiro atoms. The van der Waals surface area contributed by atoms with Crippen LogP contribution in [0.15, 0.2) is 6.07 Å². The van der Waals surface area contributed by atoms with E-state index in [1.54, 1.807) is 0 Å². The van der Waals surface area contributed by atoms with Crippen molar-refractivity contribution >= 4 is 0 Å². The van der Waals surface area contributed by atoms with Crippen LogP contribution in [0.5, 0.6) is 0 Å². The lowest BCUT2D eigenvalue weighted by atomic mass is 9.82. The minimum Gasteiger partial charge on any atom is -0.372 e. The fraction of sp³-hybridized carbons (Fsp3) is 0.786. The summed E-state index contributed by atoms with van der Waals surface area (Å²) in [6.07, 6.45) is 3.84. The molecule has 2 rings (SSSR count). The molecule has 0 bridgehead atoms. The number of aryl methyl sites for hydroxylation is 2. The first-order chi connectivity index (χ1) is 8.76. The lowest BCUT2D eigenvalue weighted by Gasteiger charge is -2.35. The van der Waals surface area contributed by atoms with Crippen LogP contribution in [-0.4, -0.2) is 29.5 Å². The van der Waals surface area contributed by atoms with Crippen LogP contribution >= 0.6 is 0 Å². The largest absolute Gasteiger partial charge is 0.372 e. The van der Waals surface area contributed by atoms with E-state index in [0.29, 0.717) is 12.7 Å². The molecule has 1 heterocycles. The Bertz CT molecular complexity index is 369. The zero-order valence-electron chi connectivity index (χ0n) is 11.8. The number of nitrogens with one attached hydrogen (secondary N) is 1. The SMILES string of the molecule is CCc1cc(COC2CC(CNC)C2)n(CC)n1. The summed E-state index contributed by atoms with van der Waals surface area (Å²) in [6, 6.07) is 2.17. The van der Waals surface area contributed by atoms with E-state index in [4.69, 9.17) is 4.74 Å². The van der Waals surface area contributed by atoms with E-state index in [1.165, 1.54) is 18.5 Å². The van der Waals surface area contributed by atoms with Crippen LogP contribution in [0.4, 0.5) is 0 Å². The van der Waals surface area contributed by atoms with Gasteiger partial charge in [-0.1, -0.05) is 6.92 Å². The van der Waals surface area contributed by atoms with Gasteiger partial charge in [-0.25, -0.2) is 0 Å². The monoisotopic (exact) mass is 251 g/mol. The zero-order chi connectivity index (χ0) is 13.0. The maximum absolute atomic E-state index is 5.95. The maximum atomic E-state index is 5.95. The van der Waals surface area contributed by atoms with Gasteiger partial charge < -0.3 is 10.1 Å². The summed E-state index contributed by atoms with van der Waals surface area (Å²) < 4.78 is 8.01. The molecule has 1 aromatic rings. The lowest BCUT2D eigenvalue weighted by Crippen LogP contribution is -2.36. The second kappa shape index (κ2) is 6.34. The average molecular weight is 251 g/mol. The summed E-state index contributed by atoms with van der Waals surface area (Å²) in [5.74, 6) is 0.808. The van der Waals surface area contributed by atoms with Gasteiger partial charge in [-0.15, -0.1) is 0 Å². The van der Waals surface area contributed by atoms with Crippen LogP contribution in [0.2, 0.25) is 0 Å². The number of hydrogen-bond acceptors (Lipinski definition) is 3. The molecule has 0 saturated heterocycles. The highest BCUT2D eigenvalue weighted by molar-refractivity contribution is 5.09. The molecule has 0 atom stereocenters. The first kappa shape index (κ1) is 13.6. The normalized spacial score (nSPS) is 23.1. The average Bonchev–Trinajstić information content (AvgIpc) is 2.74.